The number of carbonyl (C=O) groups is 1. The van der Waals surface area contributed by atoms with Gasteiger partial charge in [-0.05, 0) is 36.2 Å². The maximum absolute atomic E-state index is 11.4. The van der Waals surface area contributed by atoms with Crippen molar-refractivity contribution < 1.29 is 14.3 Å². The molecule has 0 bridgehead atoms. The zero-order valence-electron chi connectivity index (χ0n) is 10.6. The van der Waals surface area contributed by atoms with E-state index < -0.39 is 6.04 Å². The minimum absolute atomic E-state index is 0.361. The van der Waals surface area contributed by atoms with E-state index in [1.54, 1.807) is 19.4 Å². The Morgan fingerprint density at radius 2 is 2.06 bits per heavy atom. The smallest absolute Gasteiger partial charge is 0.330 e. The summed E-state index contributed by atoms with van der Waals surface area (Å²) in [6.07, 6.45) is 3.75. The van der Waals surface area contributed by atoms with Gasteiger partial charge in [0.15, 0.2) is 6.04 Å². The summed E-state index contributed by atoms with van der Waals surface area (Å²) in [6, 6.07) is 6.87. The number of methoxy groups -OCH3 is 2. The summed E-state index contributed by atoms with van der Waals surface area (Å²) in [4.78, 5) is 15.6. The summed E-state index contributed by atoms with van der Waals surface area (Å²) in [5.74, 6) is 0.419. The molecule has 0 saturated heterocycles. The van der Waals surface area contributed by atoms with Crippen molar-refractivity contribution in [2.45, 2.75) is 12.5 Å². The van der Waals surface area contributed by atoms with Gasteiger partial charge in [0.2, 0.25) is 0 Å². The van der Waals surface area contributed by atoms with Gasteiger partial charge in [0.05, 0.1) is 14.2 Å². The Labute approximate surface area is 107 Å². The number of hydrogen-bond donors (Lipinski definition) is 0. The van der Waals surface area contributed by atoms with E-state index in [1.165, 1.54) is 7.11 Å². The molecular formula is C14H17NO3. The highest BCUT2D eigenvalue weighted by Gasteiger charge is 2.14. The van der Waals surface area contributed by atoms with Gasteiger partial charge in [0, 0.05) is 6.21 Å². The summed E-state index contributed by atoms with van der Waals surface area (Å²) < 4.78 is 9.73. The van der Waals surface area contributed by atoms with Crippen LogP contribution in [0.3, 0.4) is 0 Å². The van der Waals surface area contributed by atoms with E-state index in [0.717, 1.165) is 11.3 Å². The average molecular weight is 247 g/mol. The zero-order valence-corrected chi connectivity index (χ0v) is 10.6. The van der Waals surface area contributed by atoms with Gasteiger partial charge in [0.1, 0.15) is 5.75 Å². The first-order chi connectivity index (χ1) is 8.71. The topological polar surface area (TPSA) is 47.9 Å². The number of esters is 1. The number of nitrogens with zero attached hydrogens (tertiary/aromatic N) is 1. The lowest BCUT2D eigenvalue weighted by molar-refractivity contribution is -0.141. The van der Waals surface area contributed by atoms with E-state index in [1.807, 2.05) is 24.3 Å². The first-order valence-electron chi connectivity index (χ1n) is 5.57. The van der Waals surface area contributed by atoms with Crippen molar-refractivity contribution in [3.05, 3.63) is 42.5 Å². The third-order valence-electron chi connectivity index (χ3n) is 2.38. The van der Waals surface area contributed by atoms with Crippen molar-refractivity contribution in [1.29, 1.82) is 0 Å². The Hall–Kier alpha value is -2.10. The fourth-order valence-electron chi connectivity index (χ4n) is 1.38. The Morgan fingerprint density at radius 1 is 1.39 bits per heavy atom. The lowest BCUT2D eigenvalue weighted by Gasteiger charge is -2.07. The van der Waals surface area contributed by atoms with E-state index in [9.17, 15) is 4.79 Å². The highest BCUT2D eigenvalue weighted by molar-refractivity contribution is 5.84. The fourth-order valence-corrected chi connectivity index (χ4v) is 1.38. The van der Waals surface area contributed by atoms with E-state index in [-0.39, 0.29) is 5.97 Å². The molecule has 0 radical (unpaired) electrons. The Balaban J connectivity index is 2.74. The monoisotopic (exact) mass is 247 g/mol. The van der Waals surface area contributed by atoms with Gasteiger partial charge in [-0.1, -0.05) is 6.08 Å². The van der Waals surface area contributed by atoms with E-state index in [4.69, 9.17) is 4.74 Å². The predicted octanol–water partition coefficient (Wildman–Crippen LogP) is 2.23. The summed E-state index contributed by atoms with van der Waals surface area (Å²) in [5, 5.41) is 0. The molecule has 0 aliphatic heterocycles. The van der Waals surface area contributed by atoms with Gasteiger partial charge in [-0.15, -0.1) is 6.58 Å². The minimum atomic E-state index is -0.533. The number of benzene rings is 1. The molecule has 0 unspecified atom stereocenters. The van der Waals surface area contributed by atoms with Gasteiger partial charge >= 0.3 is 5.97 Å². The Bertz CT molecular complexity index is 423. The molecule has 0 fully saturated rings. The highest BCUT2D eigenvalue weighted by atomic mass is 16.5. The second kappa shape index (κ2) is 7.27. The molecule has 0 heterocycles. The largest absolute Gasteiger partial charge is 0.497 e. The second-order valence-corrected chi connectivity index (χ2v) is 3.61. The molecule has 1 aromatic rings. The molecule has 1 rings (SSSR count). The molecule has 0 spiro atoms. The first-order valence-corrected chi connectivity index (χ1v) is 5.57. The number of carbonyl (C=O) groups excluding carboxylic acids is 1. The van der Waals surface area contributed by atoms with Crippen LogP contribution in [0.15, 0.2) is 41.9 Å². The SMILES string of the molecule is C=CC[C@@H](N=Cc1ccc(OC)cc1)C(=O)OC. The van der Waals surface area contributed by atoms with Gasteiger partial charge in [-0.2, -0.15) is 0 Å². The zero-order chi connectivity index (χ0) is 13.4. The maximum atomic E-state index is 11.4. The van der Waals surface area contributed by atoms with Crippen molar-refractivity contribution in [2.24, 2.45) is 4.99 Å². The molecule has 1 atom stereocenters. The average Bonchev–Trinajstić information content (AvgIpc) is 2.43. The van der Waals surface area contributed by atoms with E-state index >= 15 is 0 Å². The first kappa shape index (κ1) is 14.0. The van der Waals surface area contributed by atoms with Crippen LogP contribution in [0.2, 0.25) is 0 Å². The van der Waals surface area contributed by atoms with Crippen LogP contribution in [0.5, 0.6) is 5.75 Å². The molecule has 4 heteroatoms. The van der Waals surface area contributed by atoms with E-state index in [2.05, 4.69) is 16.3 Å². The standard InChI is InChI=1S/C14H17NO3/c1-4-5-13(14(16)18-3)15-10-11-6-8-12(17-2)9-7-11/h4,6-10,13H,1,5H2,2-3H3/t13-/m1/s1. The molecule has 0 aliphatic rings. The fraction of sp³-hybridized carbons (Fsp3) is 0.286. The minimum Gasteiger partial charge on any atom is -0.497 e. The van der Waals surface area contributed by atoms with Crippen molar-refractivity contribution in [2.75, 3.05) is 14.2 Å². The van der Waals surface area contributed by atoms with Crippen molar-refractivity contribution in [3.63, 3.8) is 0 Å². The van der Waals surface area contributed by atoms with Crippen molar-refractivity contribution in [3.8, 4) is 5.75 Å². The van der Waals surface area contributed by atoms with Crippen LogP contribution >= 0.6 is 0 Å². The summed E-state index contributed by atoms with van der Waals surface area (Å²) in [6.45, 7) is 3.60. The summed E-state index contributed by atoms with van der Waals surface area (Å²) in [7, 11) is 2.96. The van der Waals surface area contributed by atoms with Gasteiger partial charge < -0.3 is 9.47 Å². The molecule has 4 nitrogen and oxygen atoms in total. The number of aliphatic imine (C=N–C) groups is 1. The second-order valence-electron chi connectivity index (χ2n) is 3.61. The molecule has 18 heavy (non-hydrogen) atoms. The Morgan fingerprint density at radius 3 is 2.56 bits per heavy atom. The van der Waals surface area contributed by atoms with Gasteiger partial charge in [0.25, 0.3) is 0 Å². The molecule has 0 amide bonds. The van der Waals surface area contributed by atoms with Gasteiger partial charge in [-0.3, -0.25) is 4.99 Å². The quantitative estimate of drug-likeness (QED) is 0.440. The van der Waals surface area contributed by atoms with Gasteiger partial charge in [-0.25, -0.2) is 4.79 Å². The summed E-state index contributed by atoms with van der Waals surface area (Å²) >= 11 is 0. The van der Waals surface area contributed by atoms with Crippen molar-refractivity contribution >= 4 is 12.2 Å². The van der Waals surface area contributed by atoms with Crippen LogP contribution < -0.4 is 4.74 Å². The third-order valence-corrected chi connectivity index (χ3v) is 2.38. The maximum Gasteiger partial charge on any atom is 0.330 e. The summed E-state index contributed by atoms with van der Waals surface area (Å²) in [5.41, 5.74) is 0.897. The predicted molar refractivity (Wildman–Crippen MR) is 71.2 cm³/mol. The molecule has 96 valence electrons. The Kier molecular flexibility index (Phi) is 5.64. The molecule has 0 aliphatic carbocycles. The van der Waals surface area contributed by atoms with E-state index in [0.29, 0.717) is 6.42 Å². The van der Waals surface area contributed by atoms with Crippen LogP contribution in [0, 0.1) is 0 Å². The molecule has 0 saturated carbocycles. The van der Waals surface area contributed by atoms with Crippen LogP contribution in [-0.4, -0.2) is 32.4 Å². The molecular weight excluding hydrogens is 230 g/mol. The lowest BCUT2D eigenvalue weighted by atomic mass is 10.2. The molecule has 0 N–H and O–H groups in total. The molecule has 1 aromatic carbocycles. The number of rotatable bonds is 6. The van der Waals surface area contributed by atoms with Crippen molar-refractivity contribution in [1.82, 2.24) is 0 Å². The van der Waals surface area contributed by atoms with Crippen LogP contribution in [0.1, 0.15) is 12.0 Å². The van der Waals surface area contributed by atoms with Crippen LogP contribution in [0.25, 0.3) is 0 Å². The van der Waals surface area contributed by atoms with Crippen LogP contribution in [-0.2, 0) is 9.53 Å². The normalized spacial score (nSPS) is 12.1. The molecule has 0 aromatic heterocycles. The van der Waals surface area contributed by atoms with Crippen LogP contribution in [0.4, 0.5) is 0 Å². The number of ether oxygens (including phenoxy) is 2. The highest BCUT2D eigenvalue weighted by Crippen LogP contribution is 2.10. The lowest BCUT2D eigenvalue weighted by Crippen LogP contribution is -2.19. The number of hydrogen-bond acceptors (Lipinski definition) is 4. The third kappa shape index (κ3) is 4.05.